The molecule has 0 saturated heterocycles. The van der Waals surface area contributed by atoms with E-state index in [1.165, 1.54) is 12.1 Å². The van der Waals surface area contributed by atoms with Gasteiger partial charge in [0.2, 0.25) is 0 Å². The second-order valence-corrected chi connectivity index (χ2v) is 4.54. The van der Waals surface area contributed by atoms with E-state index in [2.05, 4.69) is 0 Å². The molecule has 3 nitrogen and oxygen atoms in total. The summed E-state index contributed by atoms with van der Waals surface area (Å²) in [4.78, 5) is 14.0. The zero-order chi connectivity index (χ0) is 14.3. The molecule has 0 heterocycles. The van der Waals surface area contributed by atoms with Crippen LogP contribution in [0.4, 0.5) is 4.39 Å². The SMILES string of the molecule is CCCN(CCC)C(=O)C(C)Oc1cccc(F)c1. The van der Waals surface area contributed by atoms with Gasteiger partial charge in [0, 0.05) is 19.2 Å². The highest BCUT2D eigenvalue weighted by Crippen LogP contribution is 2.15. The van der Waals surface area contributed by atoms with Gasteiger partial charge in [-0.3, -0.25) is 4.79 Å². The van der Waals surface area contributed by atoms with Crippen LogP contribution >= 0.6 is 0 Å². The van der Waals surface area contributed by atoms with Gasteiger partial charge in [0.15, 0.2) is 6.10 Å². The van der Waals surface area contributed by atoms with Gasteiger partial charge in [0.1, 0.15) is 11.6 Å². The molecule has 19 heavy (non-hydrogen) atoms. The Balaban J connectivity index is 2.65. The standard InChI is InChI=1S/C15H22FNO2/c1-4-9-17(10-5-2)15(18)12(3)19-14-8-6-7-13(16)11-14/h6-8,11-12H,4-5,9-10H2,1-3H3. The highest BCUT2D eigenvalue weighted by molar-refractivity contribution is 5.80. The van der Waals surface area contributed by atoms with Gasteiger partial charge in [-0.05, 0) is 31.9 Å². The molecule has 0 bridgehead atoms. The maximum atomic E-state index is 13.0. The number of nitrogens with zero attached hydrogens (tertiary/aromatic N) is 1. The van der Waals surface area contributed by atoms with E-state index in [9.17, 15) is 9.18 Å². The summed E-state index contributed by atoms with van der Waals surface area (Å²) in [5, 5.41) is 0. The quantitative estimate of drug-likeness (QED) is 0.759. The lowest BCUT2D eigenvalue weighted by atomic mass is 10.2. The molecule has 0 radical (unpaired) electrons. The highest BCUT2D eigenvalue weighted by Gasteiger charge is 2.20. The van der Waals surface area contributed by atoms with Crippen molar-refractivity contribution in [2.45, 2.75) is 39.7 Å². The van der Waals surface area contributed by atoms with Crippen molar-refractivity contribution in [2.75, 3.05) is 13.1 Å². The van der Waals surface area contributed by atoms with Gasteiger partial charge in [-0.25, -0.2) is 4.39 Å². The number of hydrogen-bond donors (Lipinski definition) is 0. The third kappa shape index (κ3) is 4.89. The molecule has 0 fully saturated rings. The number of hydrogen-bond acceptors (Lipinski definition) is 2. The predicted octanol–water partition coefficient (Wildman–Crippen LogP) is 3.24. The maximum absolute atomic E-state index is 13.0. The molecule has 0 saturated carbocycles. The third-order valence-corrected chi connectivity index (χ3v) is 2.76. The number of carbonyl (C=O) groups excluding carboxylic acids is 1. The van der Waals surface area contributed by atoms with Gasteiger partial charge in [0.05, 0.1) is 0 Å². The molecule has 0 aliphatic rings. The van der Waals surface area contributed by atoms with Crippen LogP contribution in [0.15, 0.2) is 24.3 Å². The predicted molar refractivity (Wildman–Crippen MR) is 73.7 cm³/mol. The summed E-state index contributed by atoms with van der Waals surface area (Å²) >= 11 is 0. The molecule has 1 aromatic carbocycles. The van der Waals surface area contributed by atoms with E-state index in [4.69, 9.17) is 4.74 Å². The number of halogens is 1. The van der Waals surface area contributed by atoms with E-state index in [-0.39, 0.29) is 11.7 Å². The molecule has 1 atom stereocenters. The average Bonchev–Trinajstić information content (AvgIpc) is 2.37. The molecule has 106 valence electrons. The number of benzene rings is 1. The Hall–Kier alpha value is -1.58. The van der Waals surface area contributed by atoms with Gasteiger partial charge in [-0.1, -0.05) is 19.9 Å². The summed E-state index contributed by atoms with van der Waals surface area (Å²) < 4.78 is 18.5. The first-order valence-corrected chi connectivity index (χ1v) is 6.79. The van der Waals surface area contributed by atoms with Crippen LogP contribution in [0.3, 0.4) is 0 Å². The second-order valence-electron chi connectivity index (χ2n) is 4.54. The van der Waals surface area contributed by atoms with E-state index in [0.29, 0.717) is 5.75 Å². The van der Waals surface area contributed by atoms with Gasteiger partial charge in [0.25, 0.3) is 5.91 Å². The van der Waals surface area contributed by atoms with Gasteiger partial charge < -0.3 is 9.64 Å². The number of amides is 1. The minimum Gasteiger partial charge on any atom is -0.481 e. The Kier molecular flexibility index (Phi) is 6.33. The summed E-state index contributed by atoms with van der Waals surface area (Å²) in [6, 6.07) is 5.85. The zero-order valence-corrected chi connectivity index (χ0v) is 11.9. The first-order chi connectivity index (χ1) is 9.08. The van der Waals surface area contributed by atoms with Crippen molar-refractivity contribution in [3.8, 4) is 5.75 Å². The molecule has 0 aliphatic heterocycles. The van der Waals surface area contributed by atoms with Crippen LogP contribution in [-0.4, -0.2) is 30.0 Å². The molecule has 0 aromatic heterocycles. The van der Waals surface area contributed by atoms with Crippen molar-refractivity contribution in [3.05, 3.63) is 30.1 Å². The van der Waals surface area contributed by atoms with Crippen LogP contribution < -0.4 is 4.74 Å². The van der Waals surface area contributed by atoms with E-state index in [1.54, 1.807) is 24.0 Å². The fraction of sp³-hybridized carbons (Fsp3) is 0.533. The fourth-order valence-electron chi connectivity index (χ4n) is 1.92. The minimum absolute atomic E-state index is 0.0482. The highest BCUT2D eigenvalue weighted by atomic mass is 19.1. The topological polar surface area (TPSA) is 29.5 Å². The smallest absolute Gasteiger partial charge is 0.263 e. The maximum Gasteiger partial charge on any atom is 0.263 e. The van der Waals surface area contributed by atoms with Crippen LogP contribution in [0.5, 0.6) is 5.75 Å². The van der Waals surface area contributed by atoms with Gasteiger partial charge in [-0.2, -0.15) is 0 Å². The molecule has 4 heteroatoms. The average molecular weight is 267 g/mol. The number of carbonyl (C=O) groups is 1. The minimum atomic E-state index is -0.597. The molecule has 0 N–H and O–H groups in total. The Morgan fingerprint density at radius 2 is 1.95 bits per heavy atom. The van der Waals surface area contributed by atoms with E-state index >= 15 is 0 Å². The normalized spacial score (nSPS) is 12.0. The number of ether oxygens (including phenoxy) is 1. The van der Waals surface area contributed by atoms with Crippen molar-refractivity contribution in [1.82, 2.24) is 4.90 Å². The van der Waals surface area contributed by atoms with Crippen molar-refractivity contribution in [2.24, 2.45) is 0 Å². The van der Waals surface area contributed by atoms with Gasteiger partial charge in [-0.15, -0.1) is 0 Å². The van der Waals surface area contributed by atoms with Crippen LogP contribution in [0.1, 0.15) is 33.6 Å². The van der Waals surface area contributed by atoms with E-state index < -0.39 is 6.10 Å². The Morgan fingerprint density at radius 3 is 2.47 bits per heavy atom. The zero-order valence-electron chi connectivity index (χ0n) is 11.9. The summed E-state index contributed by atoms with van der Waals surface area (Å²) in [5.41, 5.74) is 0. The summed E-state index contributed by atoms with van der Waals surface area (Å²) in [5.74, 6) is -0.0297. The lowest BCUT2D eigenvalue weighted by Crippen LogP contribution is -2.41. The van der Waals surface area contributed by atoms with E-state index in [1.807, 2.05) is 13.8 Å². The van der Waals surface area contributed by atoms with Crippen LogP contribution in [0.25, 0.3) is 0 Å². The Bertz CT molecular complexity index is 403. The first-order valence-electron chi connectivity index (χ1n) is 6.79. The molecular weight excluding hydrogens is 245 g/mol. The van der Waals surface area contributed by atoms with Crippen LogP contribution in [0.2, 0.25) is 0 Å². The van der Waals surface area contributed by atoms with Crippen molar-refractivity contribution >= 4 is 5.91 Å². The molecule has 0 aliphatic carbocycles. The van der Waals surface area contributed by atoms with Crippen molar-refractivity contribution in [1.29, 1.82) is 0 Å². The molecular formula is C15H22FNO2. The monoisotopic (exact) mass is 267 g/mol. The first kappa shape index (κ1) is 15.5. The third-order valence-electron chi connectivity index (χ3n) is 2.76. The summed E-state index contributed by atoms with van der Waals surface area (Å²) in [7, 11) is 0. The molecule has 1 aromatic rings. The van der Waals surface area contributed by atoms with Crippen LogP contribution in [0, 0.1) is 5.82 Å². The summed E-state index contributed by atoms with van der Waals surface area (Å²) in [6.07, 6.45) is 1.23. The van der Waals surface area contributed by atoms with E-state index in [0.717, 1.165) is 25.9 Å². The molecule has 1 unspecified atom stereocenters. The molecule has 1 amide bonds. The Morgan fingerprint density at radius 1 is 1.32 bits per heavy atom. The van der Waals surface area contributed by atoms with Crippen molar-refractivity contribution < 1.29 is 13.9 Å². The van der Waals surface area contributed by atoms with Crippen molar-refractivity contribution in [3.63, 3.8) is 0 Å². The molecule has 0 spiro atoms. The largest absolute Gasteiger partial charge is 0.481 e. The lowest BCUT2D eigenvalue weighted by molar-refractivity contribution is -0.138. The molecule has 1 rings (SSSR count). The number of rotatable bonds is 7. The lowest BCUT2D eigenvalue weighted by Gasteiger charge is -2.25. The summed E-state index contributed by atoms with van der Waals surface area (Å²) in [6.45, 7) is 7.22. The Labute approximate surface area is 114 Å². The van der Waals surface area contributed by atoms with Crippen LogP contribution in [-0.2, 0) is 4.79 Å². The fourth-order valence-corrected chi connectivity index (χ4v) is 1.92. The van der Waals surface area contributed by atoms with Gasteiger partial charge >= 0.3 is 0 Å². The second kappa shape index (κ2) is 7.77.